The molecule has 0 amide bonds. The second-order valence-corrected chi connectivity index (χ2v) is 12.6. The minimum atomic E-state index is 0.336. The molecule has 0 bridgehead atoms. The fraction of sp³-hybridized carbons (Fsp3) is 0.0652. The van der Waals surface area contributed by atoms with Crippen LogP contribution in [-0.4, -0.2) is 27.5 Å². The second kappa shape index (κ2) is 13.4. The lowest BCUT2D eigenvalue weighted by Gasteiger charge is -2.10. The van der Waals surface area contributed by atoms with Gasteiger partial charge < -0.3 is 9.13 Å². The van der Waals surface area contributed by atoms with Crippen molar-refractivity contribution in [3.8, 4) is 11.1 Å². The van der Waals surface area contributed by atoms with Gasteiger partial charge in [0.1, 0.15) is 6.67 Å². The maximum Gasteiger partial charge on any atom is 0.161 e. The van der Waals surface area contributed by atoms with E-state index in [-0.39, 0.29) is 0 Å². The number of allylic oxidation sites excluding steroid dienone is 1. The predicted molar refractivity (Wildman–Crippen MR) is 219 cm³/mol. The number of aromatic nitrogens is 2. The summed E-state index contributed by atoms with van der Waals surface area (Å²) in [5.74, 6) is 1.10. The maximum atomic E-state index is 5.15. The van der Waals surface area contributed by atoms with E-state index in [9.17, 15) is 0 Å². The third-order valence-electron chi connectivity index (χ3n) is 9.65. The van der Waals surface area contributed by atoms with Crippen molar-refractivity contribution >= 4 is 74.0 Å². The van der Waals surface area contributed by atoms with Crippen molar-refractivity contribution in [3.63, 3.8) is 0 Å². The Kier molecular flexibility index (Phi) is 8.30. The Hall–Kier alpha value is -6.59. The average Bonchev–Trinajstić information content (AvgIpc) is 3.64. The fourth-order valence-electron chi connectivity index (χ4n) is 7.28. The van der Waals surface area contributed by atoms with Gasteiger partial charge in [-0.3, -0.25) is 0 Å². The first-order valence-corrected chi connectivity index (χ1v) is 17.1. The molecule has 0 saturated carbocycles. The molecule has 0 aliphatic heterocycles. The first kappa shape index (κ1) is 31.7. The summed E-state index contributed by atoms with van der Waals surface area (Å²) in [7, 11) is 2.16. The molecule has 0 saturated heterocycles. The SMILES string of the molecule is C=Cc1c(/C=C\C)c2cc3ccc(-c4cccc5c6ccccc6n(C)c45)cc3cc2n1C/N=C(\N=C(N=C)c1ccccc1)c1ccccc1. The summed E-state index contributed by atoms with van der Waals surface area (Å²) in [5.41, 5.74) is 9.84. The number of aryl methyl sites for hydroxylation is 1. The van der Waals surface area contributed by atoms with Crippen LogP contribution in [0.3, 0.4) is 0 Å². The molecule has 0 aliphatic carbocycles. The molecule has 2 aromatic heterocycles. The van der Waals surface area contributed by atoms with E-state index in [2.05, 4.69) is 119 Å². The Balaban J connectivity index is 1.30. The highest BCUT2D eigenvalue weighted by molar-refractivity contribution is 6.14. The number of rotatable bonds is 7. The Bertz CT molecular complexity index is 2700. The molecule has 0 N–H and O–H groups in total. The van der Waals surface area contributed by atoms with Crippen LogP contribution < -0.4 is 0 Å². The zero-order valence-electron chi connectivity index (χ0n) is 28.8. The van der Waals surface area contributed by atoms with Crippen LogP contribution in [0.1, 0.15) is 29.3 Å². The van der Waals surface area contributed by atoms with Gasteiger partial charge in [0.05, 0.1) is 16.7 Å². The van der Waals surface area contributed by atoms with Crippen molar-refractivity contribution in [3.05, 3.63) is 168 Å². The number of hydrogen-bond acceptors (Lipinski definition) is 1. The van der Waals surface area contributed by atoms with Gasteiger partial charge in [-0.05, 0) is 60.3 Å². The lowest BCUT2D eigenvalue weighted by Crippen LogP contribution is -2.07. The van der Waals surface area contributed by atoms with Gasteiger partial charge in [0.2, 0.25) is 0 Å². The molecule has 0 fully saturated rings. The zero-order chi connectivity index (χ0) is 34.9. The second-order valence-electron chi connectivity index (χ2n) is 12.6. The van der Waals surface area contributed by atoms with Gasteiger partial charge in [0.25, 0.3) is 0 Å². The van der Waals surface area contributed by atoms with Gasteiger partial charge in [-0.1, -0.05) is 128 Å². The number of hydrogen-bond donors (Lipinski definition) is 0. The van der Waals surface area contributed by atoms with E-state index in [1.807, 2.05) is 73.7 Å². The standard InChI is InChI=1S/C46H37N5/c1-5-16-37-40-28-33-25-26-34(36-22-15-23-39-38-21-13-14-24-42(38)50(4)44(36)39)27-35(33)29-43(40)51(41(37)6-2)30-48-46(32-19-11-8-12-20-32)49-45(47-3)31-17-9-7-10-18-31/h5-29H,2-3,30H2,1,4H3/b16-5-,48-46-,49-45?. The average molecular weight is 660 g/mol. The lowest BCUT2D eigenvalue weighted by atomic mass is 9.97. The quantitative estimate of drug-likeness (QED) is 0.121. The van der Waals surface area contributed by atoms with Gasteiger partial charge in [0.15, 0.2) is 11.7 Å². The number of nitrogens with zero attached hydrogens (tertiary/aromatic N) is 5. The van der Waals surface area contributed by atoms with E-state index >= 15 is 0 Å². The number of aliphatic imine (C=N–C) groups is 3. The summed E-state index contributed by atoms with van der Waals surface area (Å²) in [6.07, 6.45) is 6.16. The molecule has 51 heavy (non-hydrogen) atoms. The van der Waals surface area contributed by atoms with Crippen molar-refractivity contribution in [2.45, 2.75) is 13.6 Å². The molecule has 5 heteroatoms. The Morgan fingerprint density at radius 1 is 0.686 bits per heavy atom. The summed E-state index contributed by atoms with van der Waals surface area (Å²) in [5, 5.41) is 6.02. The van der Waals surface area contributed by atoms with Crippen LogP contribution >= 0.6 is 0 Å². The molecule has 2 heterocycles. The summed E-state index contributed by atoms with van der Waals surface area (Å²) in [6.45, 7) is 10.4. The topological polar surface area (TPSA) is 46.9 Å². The van der Waals surface area contributed by atoms with Crippen molar-refractivity contribution in [1.82, 2.24) is 9.13 Å². The minimum Gasteiger partial charge on any atom is -0.343 e. The lowest BCUT2D eigenvalue weighted by molar-refractivity contribution is 0.758. The van der Waals surface area contributed by atoms with Gasteiger partial charge >= 0.3 is 0 Å². The van der Waals surface area contributed by atoms with E-state index in [0.29, 0.717) is 18.3 Å². The number of fused-ring (bicyclic) bond motifs is 5. The predicted octanol–water partition coefficient (Wildman–Crippen LogP) is 11.3. The summed E-state index contributed by atoms with van der Waals surface area (Å²) in [4.78, 5) is 14.4. The van der Waals surface area contributed by atoms with Crippen molar-refractivity contribution in [2.75, 3.05) is 0 Å². The van der Waals surface area contributed by atoms with Crippen molar-refractivity contribution < 1.29 is 0 Å². The largest absolute Gasteiger partial charge is 0.343 e. The normalized spacial score (nSPS) is 12.5. The number of amidine groups is 2. The van der Waals surface area contributed by atoms with Gasteiger partial charge in [-0.15, -0.1) is 0 Å². The van der Waals surface area contributed by atoms with E-state index in [1.165, 1.54) is 38.3 Å². The van der Waals surface area contributed by atoms with E-state index in [4.69, 9.17) is 9.98 Å². The van der Waals surface area contributed by atoms with Crippen LogP contribution in [0.5, 0.6) is 0 Å². The number of benzene rings is 6. The van der Waals surface area contributed by atoms with Crippen molar-refractivity contribution in [2.24, 2.45) is 22.0 Å². The van der Waals surface area contributed by atoms with Crippen LogP contribution in [0.2, 0.25) is 0 Å². The molecular formula is C46H37N5. The molecular weight excluding hydrogens is 623 g/mol. The molecule has 6 aromatic carbocycles. The third kappa shape index (κ3) is 5.59. The molecule has 8 aromatic rings. The van der Waals surface area contributed by atoms with Crippen LogP contribution in [0.4, 0.5) is 0 Å². The Labute approximate surface area is 297 Å². The molecule has 0 spiro atoms. The molecule has 0 atom stereocenters. The number of para-hydroxylation sites is 2. The zero-order valence-corrected chi connectivity index (χ0v) is 28.8. The Morgan fingerprint density at radius 3 is 2.12 bits per heavy atom. The highest BCUT2D eigenvalue weighted by Gasteiger charge is 2.17. The van der Waals surface area contributed by atoms with Gasteiger partial charge in [-0.2, -0.15) is 0 Å². The molecule has 246 valence electrons. The molecule has 0 radical (unpaired) electrons. The van der Waals surface area contributed by atoms with Crippen molar-refractivity contribution in [1.29, 1.82) is 0 Å². The van der Waals surface area contributed by atoms with Gasteiger partial charge in [0, 0.05) is 51.0 Å². The molecule has 5 nitrogen and oxygen atoms in total. The van der Waals surface area contributed by atoms with Crippen LogP contribution in [-0.2, 0) is 13.7 Å². The van der Waals surface area contributed by atoms with Crippen LogP contribution in [0.15, 0.2) is 161 Å². The molecule has 8 rings (SSSR count). The highest BCUT2D eigenvalue weighted by Crippen LogP contribution is 2.38. The van der Waals surface area contributed by atoms with Gasteiger partial charge in [-0.25, -0.2) is 15.0 Å². The summed E-state index contributed by atoms with van der Waals surface area (Å²) >= 11 is 0. The maximum absolute atomic E-state index is 5.15. The van der Waals surface area contributed by atoms with Crippen LogP contribution in [0, 0.1) is 0 Å². The van der Waals surface area contributed by atoms with E-state index < -0.39 is 0 Å². The fourth-order valence-corrected chi connectivity index (χ4v) is 7.28. The molecule has 0 unspecified atom stereocenters. The smallest absolute Gasteiger partial charge is 0.161 e. The van der Waals surface area contributed by atoms with Crippen LogP contribution in [0.25, 0.3) is 66.8 Å². The van der Waals surface area contributed by atoms with E-state index in [1.54, 1.807) is 0 Å². The Morgan fingerprint density at radius 2 is 1.39 bits per heavy atom. The summed E-state index contributed by atoms with van der Waals surface area (Å²) in [6, 6.07) is 46.5. The highest BCUT2D eigenvalue weighted by atomic mass is 15.1. The molecule has 0 aliphatic rings. The third-order valence-corrected chi connectivity index (χ3v) is 9.65. The first-order chi connectivity index (χ1) is 25.1. The summed E-state index contributed by atoms with van der Waals surface area (Å²) < 4.78 is 4.55. The van der Waals surface area contributed by atoms with E-state index in [0.717, 1.165) is 38.7 Å². The first-order valence-electron chi connectivity index (χ1n) is 17.1. The monoisotopic (exact) mass is 659 g/mol. The minimum absolute atomic E-state index is 0.336.